The molecule has 0 fully saturated rings. The van der Waals surface area contributed by atoms with Gasteiger partial charge in [0.1, 0.15) is 5.75 Å². The first kappa shape index (κ1) is 20.0. The molecule has 1 heterocycles. The van der Waals surface area contributed by atoms with Gasteiger partial charge in [-0.2, -0.15) is 5.26 Å². The maximum atomic E-state index is 12.9. The zero-order chi connectivity index (χ0) is 18.9. The minimum atomic E-state index is -0.0182. The topological polar surface area (TPSA) is 56.6 Å². The van der Waals surface area contributed by atoms with E-state index in [1.807, 2.05) is 54.6 Å². The molecule has 6 heteroatoms. The van der Waals surface area contributed by atoms with Crippen molar-refractivity contribution in [3.05, 3.63) is 46.7 Å². The summed E-state index contributed by atoms with van der Waals surface area (Å²) >= 11 is 1.69. The molecule has 0 saturated carbocycles. The summed E-state index contributed by atoms with van der Waals surface area (Å²) in [5, 5.41) is 11.0. The van der Waals surface area contributed by atoms with Crippen LogP contribution in [0.5, 0.6) is 5.75 Å². The van der Waals surface area contributed by atoms with Crippen LogP contribution in [0.15, 0.2) is 41.8 Å². The summed E-state index contributed by atoms with van der Waals surface area (Å²) < 4.78 is 5.46. The van der Waals surface area contributed by atoms with Gasteiger partial charge in [0.2, 0.25) is 5.91 Å². The van der Waals surface area contributed by atoms with Gasteiger partial charge in [-0.3, -0.25) is 9.69 Å². The molecular formula is C20H25N3O2S. The normalized spacial score (nSPS) is 11.8. The number of benzene rings is 1. The Morgan fingerprint density at radius 2 is 2.04 bits per heavy atom. The van der Waals surface area contributed by atoms with Crippen LogP contribution < -0.4 is 9.64 Å². The molecule has 1 aromatic heterocycles. The molecule has 0 unspecified atom stereocenters. The Hall–Kier alpha value is -2.36. The number of nitriles is 1. The van der Waals surface area contributed by atoms with Crippen molar-refractivity contribution < 1.29 is 9.53 Å². The molecule has 138 valence electrons. The summed E-state index contributed by atoms with van der Waals surface area (Å²) in [6.07, 6.45) is 0.295. The molecule has 5 nitrogen and oxygen atoms in total. The Bertz CT molecular complexity index is 723. The lowest BCUT2D eigenvalue weighted by atomic mass is 10.2. The number of likely N-dealkylation sites (N-methyl/N-ethyl adjacent to an activating group) is 1. The number of nitrogens with zero attached hydrogens (tertiary/aromatic N) is 3. The number of amides is 1. The maximum Gasteiger partial charge on any atom is 0.241 e. The molecule has 0 radical (unpaired) electrons. The zero-order valence-electron chi connectivity index (χ0n) is 15.5. The molecule has 0 aliphatic rings. The van der Waals surface area contributed by atoms with E-state index in [0.717, 1.165) is 11.4 Å². The van der Waals surface area contributed by atoms with Crippen LogP contribution in [0.4, 0.5) is 5.69 Å². The molecular weight excluding hydrogens is 346 g/mol. The van der Waals surface area contributed by atoms with Gasteiger partial charge in [0, 0.05) is 23.2 Å². The SMILES string of the molecule is CCOc1ccc(N(CCC#N)C(=O)CN(C)[C@H](C)c2cccs2)cc1. The van der Waals surface area contributed by atoms with E-state index in [2.05, 4.69) is 19.1 Å². The Balaban J connectivity index is 2.09. The highest BCUT2D eigenvalue weighted by Gasteiger charge is 2.21. The largest absolute Gasteiger partial charge is 0.494 e. The zero-order valence-corrected chi connectivity index (χ0v) is 16.3. The number of thiophene rings is 1. The van der Waals surface area contributed by atoms with Crippen LogP contribution in [0, 0.1) is 11.3 Å². The molecule has 1 amide bonds. The van der Waals surface area contributed by atoms with Crippen molar-refractivity contribution in [2.45, 2.75) is 26.3 Å². The van der Waals surface area contributed by atoms with Crippen molar-refractivity contribution in [3.8, 4) is 11.8 Å². The molecule has 0 aliphatic heterocycles. The summed E-state index contributed by atoms with van der Waals surface area (Å²) in [6, 6.07) is 13.8. The molecule has 0 saturated heterocycles. The van der Waals surface area contributed by atoms with Crippen molar-refractivity contribution >= 4 is 22.9 Å². The third-order valence-electron chi connectivity index (χ3n) is 4.21. The van der Waals surface area contributed by atoms with Crippen LogP contribution >= 0.6 is 11.3 Å². The second-order valence-corrected chi connectivity index (χ2v) is 6.97. The highest BCUT2D eigenvalue weighted by Crippen LogP contribution is 2.24. The number of anilines is 1. The first-order chi connectivity index (χ1) is 12.6. The van der Waals surface area contributed by atoms with E-state index in [0.29, 0.717) is 19.6 Å². The first-order valence-electron chi connectivity index (χ1n) is 8.70. The van der Waals surface area contributed by atoms with Gasteiger partial charge in [0.25, 0.3) is 0 Å². The van der Waals surface area contributed by atoms with E-state index < -0.39 is 0 Å². The lowest BCUT2D eigenvalue weighted by Gasteiger charge is -2.28. The molecule has 26 heavy (non-hydrogen) atoms. The van der Waals surface area contributed by atoms with Crippen LogP contribution in [-0.4, -0.2) is 37.6 Å². The maximum absolute atomic E-state index is 12.9. The number of hydrogen-bond donors (Lipinski definition) is 0. The van der Waals surface area contributed by atoms with Crippen molar-refractivity contribution in [2.24, 2.45) is 0 Å². The minimum absolute atomic E-state index is 0.0182. The van der Waals surface area contributed by atoms with Crippen LogP contribution in [0.25, 0.3) is 0 Å². The van der Waals surface area contributed by atoms with Gasteiger partial charge in [-0.15, -0.1) is 11.3 Å². The molecule has 2 aromatic rings. The Morgan fingerprint density at radius 1 is 1.31 bits per heavy atom. The van der Waals surface area contributed by atoms with E-state index >= 15 is 0 Å². The van der Waals surface area contributed by atoms with Gasteiger partial charge in [0.05, 0.1) is 25.6 Å². The summed E-state index contributed by atoms with van der Waals surface area (Å²) in [5.74, 6) is 0.752. The Labute approximate surface area is 159 Å². The summed E-state index contributed by atoms with van der Waals surface area (Å²) in [6.45, 7) is 5.29. The predicted molar refractivity (Wildman–Crippen MR) is 106 cm³/mol. The number of ether oxygens (including phenoxy) is 1. The fraction of sp³-hybridized carbons (Fsp3) is 0.400. The summed E-state index contributed by atoms with van der Waals surface area (Å²) in [4.78, 5) is 17.8. The van der Waals surface area contributed by atoms with Gasteiger partial charge < -0.3 is 9.64 Å². The number of carbonyl (C=O) groups is 1. The lowest BCUT2D eigenvalue weighted by Crippen LogP contribution is -2.40. The Kier molecular flexibility index (Phi) is 7.64. The average Bonchev–Trinajstić information content (AvgIpc) is 3.17. The standard InChI is InChI=1S/C20H25N3O2S/c1-4-25-18-10-8-17(9-11-18)23(13-6-12-21)20(24)15-22(3)16(2)19-7-5-14-26-19/h5,7-11,14,16H,4,6,13,15H2,1-3H3/t16-/m1/s1. The highest BCUT2D eigenvalue weighted by atomic mass is 32.1. The number of rotatable bonds is 9. The van der Waals surface area contributed by atoms with E-state index in [1.54, 1.807) is 16.2 Å². The molecule has 0 N–H and O–H groups in total. The van der Waals surface area contributed by atoms with Crippen LogP contribution in [0.3, 0.4) is 0 Å². The molecule has 1 aromatic carbocycles. The van der Waals surface area contributed by atoms with Crippen molar-refractivity contribution in [1.82, 2.24) is 4.90 Å². The van der Waals surface area contributed by atoms with Crippen molar-refractivity contribution in [1.29, 1.82) is 5.26 Å². The smallest absolute Gasteiger partial charge is 0.241 e. The number of hydrogen-bond acceptors (Lipinski definition) is 5. The minimum Gasteiger partial charge on any atom is -0.494 e. The number of carbonyl (C=O) groups excluding carboxylic acids is 1. The third kappa shape index (κ3) is 5.32. The monoisotopic (exact) mass is 371 g/mol. The highest BCUT2D eigenvalue weighted by molar-refractivity contribution is 7.10. The molecule has 0 spiro atoms. The second-order valence-electron chi connectivity index (χ2n) is 5.99. The van der Waals surface area contributed by atoms with Crippen molar-refractivity contribution in [3.63, 3.8) is 0 Å². The lowest BCUT2D eigenvalue weighted by molar-refractivity contribution is -0.119. The molecule has 0 aliphatic carbocycles. The van der Waals surface area contributed by atoms with Gasteiger partial charge in [-0.25, -0.2) is 0 Å². The Morgan fingerprint density at radius 3 is 2.62 bits per heavy atom. The quantitative estimate of drug-likeness (QED) is 0.666. The first-order valence-corrected chi connectivity index (χ1v) is 9.58. The van der Waals surface area contributed by atoms with Crippen LogP contribution in [0.1, 0.15) is 31.2 Å². The average molecular weight is 372 g/mol. The summed E-state index contributed by atoms with van der Waals surface area (Å²) in [5.41, 5.74) is 0.783. The molecule has 1 atom stereocenters. The fourth-order valence-electron chi connectivity index (χ4n) is 2.63. The van der Waals surface area contributed by atoms with Crippen LogP contribution in [-0.2, 0) is 4.79 Å². The van der Waals surface area contributed by atoms with Gasteiger partial charge >= 0.3 is 0 Å². The van der Waals surface area contributed by atoms with Gasteiger partial charge in [-0.05, 0) is 56.6 Å². The van der Waals surface area contributed by atoms with E-state index in [-0.39, 0.29) is 18.5 Å². The molecule has 0 bridgehead atoms. The summed E-state index contributed by atoms with van der Waals surface area (Å²) in [7, 11) is 1.95. The van der Waals surface area contributed by atoms with E-state index in [1.165, 1.54) is 4.88 Å². The van der Waals surface area contributed by atoms with Gasteiger partial charge in [0.15, 0.2) is 0 Å². The van der Waals surface area contributed by atoms with Crippen LogP contribution in [0.2, 0.25) is 0 Å². The third-order valence-corrected chi connectivity index (χ3v) is 5.25. The van der Waals surface area contributed by atoms with E-state index in [9.17, 15) is 4.79 Å². The fourth-order valence-corrected chi connectivity index (χ4v) is 3.48. The second kappa shape index (κ2) is 9.95. The van der Waals surface area contributed by atoms with Gasteiger partial charge in [-0.1, -0.05) is 6.07 Å². The van der Waals surface area contributed by atoms with E-state index in [4.69, 9.17) is 10.00 Å². The van der Waals surface area contributed by atoms with Crippen molar-refractivity contribution in [2.75, 3.05) is 31.6 Å². The predicted octanol–water partition coefficient (Wildman–Crippen LogP) is 4.09. The molecule has 2 rings (SSSR count).